The van der Waals surface area contributed by atoms with Gasteiger partial charge in [-0.3, -0.25) is 0 Å². The van der Waals surface area contributed by atoms with Crippen LogP contribution < -0.4 is 4.74 Å². The molecular weight excluding hydrogens is 244 g/mol. The second kappa shape index (κ2) is 4.66. The van der Waals surface area contributed by atoms with E-state index in [4.69, 9.17) is 4.74 Å². The summed E-state index contributed by atoms with van der Waals surface area (Å²) in [5, 5.41) is 0. The van der Waals surface area contributed by atoms with Crippen molar-refractivity contribution in [1.82, 2.24) is 0 Å². The molecule has 0 bridgehead atoms. The Hall–Kier alpha value is -1.76. The summed E-state index contributed by atoms with van der Waals surface area (Å²) in [5.41, 5.74) is 3.94. The van der Waals surface area contributed by atoms with E-state index in [2.05, 4.69) is 48.5 Å². The average Bonchev–Trinajstić information content (AvgIpc) is 2.74. The summed E-state index contributed by atoms with van der Waals surface area (Å²) in [6.45, 7) is 0. The van der Waals surface area contributed by atoms with Crippen LogP contribution in [0.2, 0.25) is 0 Å². The summed E-state index contributed by atoms with van der Waals surface area (Å²) < 4.78 is 6.57. The summed E-state index contributed by atoms with van der Waals surface area (Å²) in [6, 6.07) is 17.3. The number of hydrogen-bond donors (Lipinski definition) is 0. The topological polar surface area (TPSA) is 9.23 Å². The van der Waals surface area contributed by atoms with Gasteiger partial charge in [0.25, 0.3) is 0 Å². The Kier molecular flexibility index (Phi) is 2.80. The van der Waals surface area contributed by atoms with Crippen LogP contribution in [0, 0.1) is 0 Å². The largest absolute Gasteiger partial charge is 0.482 e. The lowest BCUT2D eigenvalue weighted by Gasteiger charge is -2.40. The van der Waals surface area contributed by atoms with Crippen molar-refractivity contribution in [3.63, 3.8) is 0 Å². The van der Waals surface area contributed by atoms with E-state index in [1.807, 2.05) is 0 Å². The van der Waals surface area contributed by atoms with Gasteiger partial charge in [-0.25, -0.2) is 0 Å². The quantitative estimate of drug-likeness (QED) is 0.627. The van der Waals surface area contributed by atoms with E-state index in [1.165, 1.54) is 42.4 Å². The molecule has 0 atom stereocenters. The Morgan fingerprint density at radius 1 is 0.700 bits per heavy atom. The summed E-state index contributed by atoms with van der Waals surface area (Å²) >= 11 is 0. The van der Waals surface area contributed by atoms with Gasteiger partial charge in [-0.1, -0.05) is 55.3 Å². The molecule has 1 nitrogen and oxygen atoms in total. The van der Waals surface area contributed by atoms with Crippen molar-refractivity contribution in [2.24, 2.45) is 0 Å². The first-order valence-corrected chi connectivity index (χ1v) is 7.77. The number of ether oxygens (including phenoxy) is 1. The molecule has 20 heavy (non-hydrogen) atoms. The molecule has 1 heterocycles. The van der Waals surface area contributed by atoms with Gasteiger partial charge in [0.1, 0.15) is 11.4 Å². The van der Waals surface area contributed by atoms with Gasteiger partial charge in [0.2, 0.25) is 0 Å². The van der Waals surface area contributed by atoms with Crippen LogP contribution in [0.15, 0.2) is 48.5 Å². The predicted octanol–water partition coefficient (Wildman–Crippen LogP) is 5.30. The Balaban J connectivity index is 1.92. The maximum Gasteiger partial charge on any atom is 0.135 e. The van der Waals surface area contributed by atoms with E-state index in [0.717, 1.165) is 18.6 Å². The highest BCUT2D eigenvalue weighted by atomic mass is 16.5. The van der Waals surface area contributed by atoms with Gasteiger partial charge in [0, 0.05) is 11.1 Å². The first kappa shape index (κ1) is 12.0. The molecule has 2 aliphatic rings. The third kappa shape index (κ3) is 1.76. The molecule has 0 N–H and O–H groups in total. The highest BCUT2D eigenvalue weighted by Gasteiger charge is 2.40. The van der Waals surface area contributed by atoms with Crippen molar-refractivity contribution in [2.45, 2.75) is 44.1 Å². The number of hydrogen-bond acceptors (Lipinski definition) is 1. The van der Waals surface area contributed by atoms with Crippen LogP contribution in [-0.4, -0.2) is 0 Å². The van der Waals surface area contributed by atoms with Gasteiger partial charge >= 0.3 is 0 Å². The first-order chi connectivity index (χ1) is 9.89. The molecule has 0 amide bonds. The maximum atomic E-state index is 6.57. The number of rotatable bonds is 0. The minimum atomic E-state index is -0.0819. The van der Waals surface area contributed by atoms with E-state index in [9.17, 15) is 0 Å². The SMILES string of the molecule is c1ccc2c(c1)OC1(CCCCCC1)c1ccccc1-2. The Morgan fingerprint density at radius 3 is 2.15 bits per heavy atom. The van der Waals surface area contributed by atoms with Crippen molar-refractivity contribution in [1.29, 1.82) is 0 Å². The monoisotopic (exact) mass is 264 g/mol. The van der Waals surface area contributed by atoms with Crippen molar-refractivity contribution >= 4 is 0 Å². The van der Waals surface area contributed by atoms with Crippen LogP contribution in [-0.2, 0) is 5.60 Å². The van der Waals surface area contributed by atoms with E-state index >= 15 is 0 Å². The third-order valence-electron chi connectivity index (χ3n) is 4.81. The molecule has 2 aromatic rings. The van der Waals surface area contributed by atoms with Crippen LogP contribution in [0.3, 0.4) is 0 Å². The number of benzene rings is 2. The zero-order valence-corrected chi connectivity index (χ0v) is 11.8. The van der Waals surface area contributed by atoms with Crippen LogP contribution in [0.4, 0.5) is 0 Å². The molecule has 0 saturated heterocycles. The summed E-state index contributed by atoms with van der Waals surface area (Å²) in [4.78, 5) is 0. The average molecular weight is 264 g/mol. The molecule has 4 rings (SSSR count). The molecule has 0 unspecified atom stereocenters. The van der Waals surface area contributed by atoms with Crippen LogP contribution in [0.1, 0.15) is 44.1 Å². The second-order valence-electron chi connectivity index (χ2n) is 6.05. The molecule has 0 aromatic heterocycles. The molecule has 1 fully saturated rings. The number of para-hydroxylation sites is 1. The summed E-state index contributed by atoms with van der Waals surface area (Å²) in [6.07, 6.45) is 7.54. The molecule has 0 radical (unpaired) electrons. The highest BCUT2D eigenvalue weighted by molar-refractivity contribution is 5.76. The fourth-order valence-electron chi connectivity index (χ4n) is 3.83. The minimum Gasteiger partial charge on any atom is -0.482 e. The minimum absolute atomic E-state index is 0.0819. The van der Waals surface area contributed by atoms with E-state index < -0.39 is 0 Å². The van der Waals surface area contributed by atoms with Gasteiger partial charge in [0.15, 0.2) is 0 Å². The van der Waals surface area contributed by atoms with Gasteiger partial charge in [-0.2, -0.15) is 0 Å². The van der Waals surface area contributed by atoms with Gasteiger partial charge in [-0.15, -0.1) is 0 Å². The highest BCUT2D eigenvalue weighted by Crippen LogP contribution is 2.50. The maximum absolute atomic E-state index is 6.57. The molecule has 1 saturated carbocycles. The van der Waals surface area contributed by atoms with E-state index in [0.29, 0.717) is 0 Å². The fourth-order valence-corrected chi connectivity index (χ4v) is 3.83. The second-order valence-corrected chi connectivity index (χ2v) is 6.05. The van der Waals surface area contributed by atoms with Crippen molar-refractivity contribution < 1.29 is 4.74 Å². The van der Waals surface area contributed by atoms with Gasteiger partial charge < -0.3 is 4.74 Å². The van der Waals surface area contributed by atoms with Crippen molar-refractivity contribution in [2.75, 3.05) is 0 Å². The Morgan fingerprint density at radius 2 is 1.35 bits per heavy atom. The van der Waals surface area contributed by atoms with Gasteiger partial charge in [-0.05, 0) is 37.3 Å². The fraction of sp³-hybridized carbons (Fsp3) is 0.368. The predicted molar refractivity (Wildman–Crippen MR) is 81.9 cm³/mol. The molecule has 2 aromatic carbocycles. The van der Waals surface area contributed by atoms with Crippen LogP contribution in [0.25, 0.3) is 11.1 Å². The zero-order valence-electron chi connectivity index (χ0n) is 11.8. The Labute approximate surface area is 120 Å². The summed E-state index contributed by atoms with van der Waals surface area (Å²) in [5.74, 6) is 1.06. The van der Waals surface area contributed by atoms with Gasteiger partial charge in [0.05, 0.1) is 0 Å². The van der Waals surface area contributed by atoms with E-state index in [-0.39, 0.29) is 5.60 Å². The Bertz CT molecular complexity index is 621. The molecule has 1 aliphatic heterocycles. The third-order valence-corrected chi connectivity index (χ3v) is 4.81. The summed E-state index contributed by atoms with van der Waals surface area (Å²) in [7, 11) is 0. The lowest BCUT2D eigenvalue weighted by Crippen LogP contribution is -2.35. The molecule has 1 heteroatoms. The van der Waals surface area contributed by atoms with Crippen LogP contribution in [0.5, 0.6) is 5.75 Å². The molecule has 102 valence electrons. The lowest BCUT2D eigenvalue weighted by atomic mass is 9.79. The van der Waals surface area contributed by atoms with Crippen molar-refractivity contribution in [3.8, 4) is 16.9 Å². The van der Waals surface area contributed by atoms with Crippen molar-refractivity contribution in [3.05, 3.63) is 54.1 Å². The smallest absolute Gasteiger partial charge is 0.135 e. The first-order valence-electron chi connectivity index (χ1n) is 7.77. The zero-order chi connectivity index (χ0) is 13.4. The molecular formula is C19H20O. The standard InChI is InChI=1S/C19H20O/c1-2-8-14-19(13-7-1)17-11-5-3-9-15(17)16-10-4-6-12-18(16)20-19/h3-6,9-12H,1-2,7-8,13-14H2. The molecule has 1 spiro atoms. The number of fused-ring (bicyclic) bond motifs is 4. The lowest BCUT2D eigenvalue weighted by molar-refractivity contribution is 0.0466. The van der Waals surface area contributed by atoms with Crippen LogP contribution >= 0.6 is 0 Å². The molecule has 1 aliphatic carbocycles. The normalized spacial score (nSPS) is 19.6. The van der Waals surface area contributed by atoms with E-state index in [1.54, 1.807) is 0 Å².